The highest BCUT2D eigenvalue weighted by atomic mass is 16.7. The molecule has 1 saturated heterocycles. The lowest BCUT2D eigenvalue weighted by atomic mass is 9.43. The van der Waals surface area contributed by atoms with E-state index in [-0.39, 0.29) is 23.0 Å². The van der Waals surface area contributed by atoms with Crippen molar-refractivity contribution in [2.24, 2.45) is 40.4 Å². The SMILES string of the molecule is CC1([C@H]2CC[C@H]3[C@@H]4CC[C@H]5C[C@H](O)CC[C@]5(C)[C@H]4[C@@H](O)C[C@]23C)OCCO1. The van der Waals surface area contributed by atoms with Crippen molar-refractivity contribution in [3.05, 3.63) is 0 Å². The number of hydrogen-bond donors (Lipinski definition) is 2. The summed E-state index contributed by atoms with van der Waals surface area (Å²) in [6.45, 7) is 8.39. The molecule has 154 valence electrons. The van der Waals surface area contributed by atoms with Gasteiger partial charge >= 0.3 is 0 Å². The van der Waals surface area contributed by atoms with Gasteiger partial charge in [-0.25, -0.2) is 0 Å². The van der Waals surface area contributed by atoms with E-state index in [1.165, 1.54) is 19.3 Å². The van der Waals surface area contributed by atoms with E-state index in [0.29, 0.717) is 42.8 Å². The fourth-order valence-corrected chi connectivity index (χ4v) is 8.95. The van der Waals surface area contributed by atoms with Gasteiger partial charge in [0, 0.05) is 5.92 Å². The second-order valence-corrected chi connectivity index (χ2v) is 11.1. The molecule has 1 heterocycles. The van der Waals surface area contributed by atoms with Crippen molar-refractivity contribution >= 4 is 0 Å². The third-order valence-electron chi connectivity index (χ3n) is 10.1. The van der Waals surface area contributed by atoms with Crippen molar-refractivity contribution < 1.29 is 19.7 Å². The molecule has 0 bridgehead atoms. The van der Waals surface area contributed by atoms with Gasteiger partial charge in [-0.1, -0.05) is 13.8 Å². The van der Waals surface area contributed by atoms with E-state index in [4.69, 9.17) is 9.47 Å². The van der Waals surface area contributed by atoms with Gasteiger partial charge in [0.1, 0.15) is 0 Å². The van der Waals surface area contributed by atoms with E-state index >= 15 is 0 Å². The standard InChI is InChI=1S/C23H38O4/c1-21-9-8-15(24)12-14(21)4-5-16-17-6-7-19(23(3)26-10-11-27-23)22(17,2)13-18(25)20(16)21/h14-20,24-25H,4-13H2,1-3H3/t14-,15+,16-,17-,18-,19-,20+,21-,22-/m0/s1. The van der Waals surface area contributed by atoms with Crippen molar-refractivity contribution in [1.82, 2.24) is 0 Å². The first-order chi connectivity index (χ1) is 12.8. The van der Waals surface area contributed by atoms with E-state index in [1.807, 2.05) is 0 Å². The van der Waals surface area contributed by atoms with E-state index in [2.05, 4.69) is 20.8 Å². The van der Waals surface area contributed by atoms with Crippen molar-refractivity contribution in [2.45, 2.75) is 90.1 Å². The van der Waals surface area contributed by atoms with Gasteiger partial charge in [0.15, 0.2) is 5.79 Å². The summed E-state index contributed by atoms with van der Waals surface area (Å²) in [6, 6.07) is 0. The number of ether oxygens (including phenoxy) is 2. The Balaban J connectivity index is 1.46. The fourth-order valence-electron chi connectivity index (χ4n) is 8.95. The van der Waals surface area contributed by atoms with Gasteiger partial charge in [0.25, 0.3) is 0 Å². The second kappa shape index (κ2) is 6.17. The molecule has 4 saturated carbocycles. The summed E-state index contributed by atoms with van der Waals surface area (Å²) in [4.78, 5) is 0. The molecule has 2 N–H and O–H groups in total. The Bertz CT molecular complexity index is 587. The summed E-state index contributed by atoms with van der Waals surface area (Å²) in [5, 5.41) is 21.7. The van der Waals surface area contributed by atoms with Gasteiger partial charge in [-0.3, -0.25) is 0 Å². The molecule has 5 rings (SSSR count). The topological polar surface area (TPSA) is 58.9 Å². The van der Waals surface area contributed by atoms with Crippen LogP contribution in [-0.4, -0.2) is 41.4 Å². The average molecular weight is 379 g/mol. The van der Waals surface area contributed by atoms with Crippen LogP contribution in [0.2, 0.25) is 0 Å². The molecular formula is C23H38O4. The number of rotatable bonds is 1. The largest absolute Gasteiger partial charge is 0.393 e. The number of fused-ring (bicyclic) bond motifs is 5. The zero-order valence-electron chi connectivity index (χ0n) is 17.3. The highest BCUT2D eigenvalue weighted by molar-refractivity contribution is 5.13. The van der Waals surface area contributed by atoms with Crippen LogP contribution in [0.15, 0.2) is 0 Å². The lowest BCUT2D eigenvalue weighted by Crippen LogP contribution is -2.60. The summed E-state index contributed by atoms with van der Waals surface area (Å²) >= 11 is 0. The maximum absolute atomic E-state index is 11.5. The van der Waals surface area contributed by atoms with Crippen LogP contribution in [0.25, 0.3) is 0 Å². The predicted octanol–water partition coefficient (Wildman–Crippen LogP) is 3.74. The van der Waals surface area contributed by atoms with Crippen LogP contribution in [0.5, 0.6) is 0 Å². The Kier molecular flexibility index (Phi) is 4.30. The zero-order chi connectivity index (χ0) is 19.0. The normalized spacial score (nSPS) is 57.0. The van der Waals surface area contributed by atoms with Crippen molar-refractivity contribution in [3.8, 4) is 0 Å². The molecule has 0 amide bonds. The van der Waals surface area contributed by atoms with Crippen LogP contribution in [0.4, 0.5) is 0 Å². The van der Waals surface area contributed by atoms with Gasteiger partial charge < -0.3 is 19.7 Å². The number of aliphatic hydroxyl groups is 2. The van der Waals surface area contributed by atoms with Gasteiger partial charge in [-0.15, -0.1) is 0 Å². The van der Waals surface area contributed by atoms with Crippen LogP contribution in [0.3, 0.4) is 0 Å². The fraction of sp³-hybridized carbons (Fsp3) is 1.00. The molecule has 0 aromatic rings. The molecule has 0 radical (unpaired) electrons. The van der Waals surface area contributed by atoms with Crippen molar-refractivity contribution in [2.75, 3.05) is 13.2 Å². The number of aliphatic hydroxyl groups excluding tert-OH is 2. The Hall–Kier alpha value is -0.160. The van der Waals surface area contributed by atoms with E-state index in [1.54, 1.807) is 0 Å². The maximum atomic E-state index is 11.5. The second-order valence-electron chi connectivity index (χ2n) is 11.1. The smallest absolute Gasteiger partial charge is 0.169 e. The van der Waals surface area contributed by atoms with Gasteiger partial charge in [0.05, 0.1) is 25.4 Å². The molecule has 4 nitrogen and oxygen atoms in total. The Labute approximate surface area is 164 Å². The van der Waals surface area contributed by atoms with Crippen LogP contribution < -0.4 is 0 Å². The first kappa shape index (κ1) is 18.8. The van der Waals surface area contributed by atoms with Crippen LogP contribution >= 0.6 is 0 Å². The summed E-state index contributed by atoms with van der Waals surface area (Å²) in [5.41, 5.74) is 0.308. The lowest BCUT2D eigenvalue weighted by Gasteiger charge is -2.62. The average Bonchev–Trinajstić information content (AvgIpc) is 3.19. The van der Waals surface area contributed by atoms with Crippen molar-refractivity contribution in [3.63, 3.8) is 0 Å². The van der Waals surface area contributed by atoms with E-state index in [9.17, 15) is 10.2 Å². The predicted molar refractivity (Wildman–Crippen MR) is 103 cm³/mol. The molecule has 0 unspecified atom stereocenters. The van der Waals surface area contributed by atoms with E-state index in [0.717, 1.165) is 32.1 Å². The maximum Gasteiger partial charge on any atom is 0.169 e. The molecule has 5 fully saturated rings. The molecule has 4 aliphatic carbocycles. The van der Waals surface area contributed by atoms with Crippen LogP contribution in [-0.2, 0) is 9.47 Å². The zero-order valence-corrected chi connectivity index (χ0v) is 17.3. The Morgan fingerprint density at radius 2 is 1.59 bits per heavy atom. The van der Waals surface area contributed by atoms with Gasteiger partial charge in [0.2, 0.25) is 0 Å². The van der Waals surface area contributed by atoms with Crippen LogP contribution in [0, 0.1) is 40.4 Å². The molecule has 0 aromatic carbocycles. The number of hydrogen-bond acceptors (Lipinski definition) is 4. The molecule has 0 spiro atoms. The molecule has 5 aliphatic rings. The van der Waals surface area contributed by atoms with Crippen molar-refractivity contribution in [1.29, 1.82) is 0 Å². The highest BCUT2D eigenvalue weighted by Gasteiger charge is 2.66. The Morgan fingerprint density at radius 1 is 0.852 bits per heavy atom. The Morgan fingerprint density at radius 3 is 2.33 bits per heavy atom. The molecule has 9 atom stereocenters. The first-order valence-corrected chi connectivity index (χ1v) is 11.4. The van der Waals surface area contributed by atoms with Gasteiger partial charge in [-0.2, -0.15) is 0 Å². The minimum absolute atomic E-state index is 0.108. The lowest BCUT2D eigenvalue weighted by molar-refractivity contribution is -0.232. The summed E-state index contributed by atoms with van der Waals surface area (Å²) < 4.78 is 12.2. The third-order valence-corrected chi connectivity index (χ3v) is 10.1. The van der Waals surface area contributed by atoms with Crippen LogP contribution in [0.1, 0.15) is 72.1 Å². The van der Waals surface area contributed by atoms with Gasteiger partial charge in [-0.05, 0) is 92.8 Å². The minimum Gasteiger partial charge on any atom is -0.393 e. The monoisotopic (exact) mass is 378 g/mol. The molecule has 0 aromatic heterocycles. The molecule has 1 aliphatic heterocycles. The minimum atomic E-state index is -0.466. The quantitative estimate of drug-likeness (QED) is 0.730. The summed E-state index contributed by atoms with van der Waals surface area (Å²) in [7, 11) is 0. The summed E-state index contributed by atoms with van der Waals surface area (Å²) in [5.74, 6) is 2.19. The summed E-state index contributed by atoms with van der Waals surface area (Å²) in [6.07, 6.45) is 8.31. The molecule has 27 heavy (non-hydrogen) atoms. The first-order valence-electron chi connectivity index (χ1n) is 11.4. The third kappa shape index (κ3) is 2.55. The molecule has 4 heteroatoms. The van der Waals surface area contributed by atoms with E-state index < -0.39 is 5.79 Å². The highest BCUT2D eigenvalue weighted by Crippen LogP contribution is 2.69. The molecular weight excluding hydrogens is 340 g/mol.